The maximum Gasteiger partial charge on any atom is 0.122 e. The van der Waals surface area contributed by atoms with E-state index in [1.54, 1.807) is 14.2 Å². The smallest absolute Gasteiger partial charge is 0.122 e. The van der Waals surface area contributed by atoms with Crippen LogP contribution >= 0.6 is 11.6 Å². The zero-order chi connectivity index (χ0) is 13.0. The number of methoxy groups -OCH3 is 2. The molecule has 1 aliphatic rings. The Hall–Kier alpha value is -0.890. The molecule has 0 aliphatic heterocycles. The minimum absolute atomic E-state index is 0.226. The van der Waals surface area contributed by atoms with Gasteiger partial charge in [-0.15, -0.1) is 11.6 Å². The van der Waals surface area contributed by atoms with Crippen LogP contribution in [0.5, 0.6) is 11.5 Å². The van der Waals surface area contributed by atoms with Crippen molar-refractivity contribution in [3.63, 3.8) is 0 Å². The monoisotopic (exact) mass is 268 g/mol. The molecule has 2 nitrogen and oxygen atoms in total. The molecule has 1 fully saturated rings. The van der Waals surface area contributed by atoms with Crippen LogP contribution in [0.4, 0.5) is 0 Å². The topological polar surface area (TPSA) is 18.5 Å². The Bertz CT molecular complexity index is 370. The number of alkyl halides is 1. The van der Waals surface area contributed by atoms with Crippen LogP contribution in [0.1, 0.15) is 43.6 Å². The van der Waals surface area contributed by atoms with Crippen LogP contribution in [0, 0.1) is 0 Å². The van der Waals surface area contributed by atoms with E-state index < -0.39 is 0 Å². The molecule has 1 saturated carbocycles. The van der Waals surface area contributed by atoms with Gasteiger partial charge in [0.05, 0.1) is 14.2 Å². The lowest BCUT2D eigenvalue weighted by Gasteiger charge is -2.21. The Balaban J connectivity index is 2.29. The maximum absolute atomic E-state index is 6.53. The molecule has 18 heavy (non-hydrogen) atoms. The highest BCUT2D eigenvalue weighted by atomic mass is 35.5. The standard InChI is InChI=1S/C15H21ClO2/c1-17-12-8-11(9-13(10-12)18-2)14-6-4-3-5-7-15(14)16/h8-10,14-15H,3-7H2,1-2H3. The van der Waals surface area contributed by atoms with Crippen molar-refractivity contribution in [2.45, 2.75) is 43.4 Å². The first kappa shape index (κ1) is 13.5. The van der Waals surface area contributed by atoms with Crippen LogP contribution in [-0.2, 0) is 0 Å². The zero-order valence-corrected chi connectivity index (χ0v) is 11.9. The third-order valence-corrected chi connectivity index (χ3v) is 4.26. The van der Waals surface area contributed by atoms with Crippen molar-refractivity contribution in [1.82, 2.24) is 0 Å². The van der Waals surface area contributed by atoms with E-state index in [1.165, 1.54) is 24.8 Å². The lowest BCUT2D eigenvalue weighted by molar-refractivity contribution is 0.392. The number of benzene rings is 1. The van der Waals surface area contributed by atoms with Crippen molar-refractivity contribution in [3.8, 4) is 11.5 Å². The average molecular weight is 269 g/mol. The first-order valence-electron chi connectivity index (χ1n) is 6.61. The lowest BCUT2D eigenvalue weighted by atomic mass is 9.91. The predicted octanol–water partition coefficient (Wildman–Crippen LogP) is 4.36. The van der Waals surface area contributed by atoms with E-state index in [9.17, 15) is 0 Å². The van der Waals surface area contributed by atoms with Gasteiger partial charge in [-0.25, -0.2) is 0 Å². The molecule has 2 atom stereocenters. The van der Waals surface area contributed by atoms with E-state index in [1.807, 2.05) is 6.07 Å². The van der Waals surface area contributed by atoms with Crippen molar-refractivity contribution in [1.29, 1.82) is 0 Å². The first-order chi connectivity index (χ1) is 8.74. The number of halogens is 1. The molecule has 2 rings (SSSR count). The van der Waals surface area contributed by atoms with Gasteiger partial charge in [-0.3, -0.25) is 0 Å². The fraction of sp³-hybridized carbons (Fsp3) is 0.600. The summed E-state index contributed by atoms with van der Waals surface area (Å²) in [5.41, 5.74) is 1.24. The van der Waals surface area contributed by atoms with Gasteiger partial charge < -0.3 is 9.47 Å². The predicted molar refractivity (Wildman–Crippen MR) is 75.0 cm³/mol. The normalized spacial score (nSPS) is 24.4. The van der Waals surface area contributed by atoms with E-state index in [4.69, 9.17) is 21.1 Å². The lowest BCUT2D eigenvalue weighted by Crippen LogP contribution is -2.11. The van der Waals surface area contributed by atoms with E-state index >= 15 is 0 Å². The number of hydrogen-bond acceptors (Lipinski definition) is 2. The fourth-order valence-corrected chi connectivity index (χ4v) is 3.11. The summed E-state index contributed by atoms with van der Waals surface area (Å²) in [6, 6.07) is 6.09. The van der Waals surface area contributed by atoms with Gasteiger partial charge in [0.2, 0.25) is 0 Å². The Morgan fingerprint density at radius 2 is 1.56 bits per heavy atom. The Kier molecular flexibility index (Phi) is 4.76. The quantitative estimate of drug-likeness (QED) is 0.599. The summed E-state index contributed by atoms with van der Waals surface area (Å²) in [7, 11) is 3.37. The molecule has 0 bridgehead atoms. The maximum atomic E-state index is 6.53. The summed E-state index contributed by atoms with van der Waals surface area (Å²) in [5, 5.41) is 0.226. The molecule has 0 aromatic heterocycles. The second-order valence-electron chi connectivity index (χ2n) is 4.91. The second kappa shape index (κ2) is 6.33. The summed E-state index contributed by atoms with van der Waals surface area (Å²) in [6.07, 6.45) is 6.05. The molecular formula is C15H21ClO2. The molecule has 0 radical (unpaired) electrons. The van der Waals surface area contributed by atoms with Gasteiger partial charge in [0, 0.05) is 17.4 Å². The fourth-order valence-electron chi connectivity index (χ4n) is 2.68. The molecule has 1 aromatic carbocycles. The highest BCUT2D eigenvalue weighted by Crippen LogP contribution is 2.38. The van der Waals surface area contributed by atoms with Crippen LogP contribution < -0.4 is 9.47 Å². The average Bonchev–Trinajstić information content (AvgIpc) is 2.62. The van der Waals surface area contributed by atoms with Gasteiger partial charge >= 0.3 is 0 Å². The summed E-state index contributed by atoms with van der Waals surface area (Å²) >= 11 is 6.53. The van der Waals surface area contributed by atoms with Crippen molar-refractivity contribution in [3.05, 3.63) is 23.8 Å². The molecule has 2 unspecified atom stereocenters. The van der Waals surface area contributed by atoms with Gasteiger partial charge in [-0.2, -0.15) is 0 Å². The molecule has 1 aliphatic carbocycles. The summed E-state index contributed by atoms with van der Waals surface area (Å²) < 4.78 is 10.7. The Morgan fingerprint density at radius 3 is 2.17 bits per heavy atom. The summed E-state index contributed by atoms with van der Waals surface area (Å²) in [6.45, 7) is 0. The molecule has 1 aromatic rings. The number of hydrogen-bond donors (Lipinski definition) is 0. The van der Waals surface area contributed by atoms with Gasteiger partial charge in [-0.05, 0) is 30.5 Å². The third kappa shape index (κ3) is 3.11. The molecule has 0 N–H and O–H groups in total. The highest BCUT2D eigenvalue weighted by molar-refractivity contribution is 6.21. The van der Waals surface area contributed by atoms with Crippen molar-refractivity contribution in [2.24, 2.45) is 0 Å². The van der Waals surface area contributed by atoms with Crippen LogP contribution in [0.25, 0.3) is 0 Å². The Labute approximate surface area is 114 Å². The van der Waals surface area contributed by atoms with Crippen LogP contribution in [0.15, 0.2) is 18.2 Å². The van der Waals surface area contributed by atoms with Gasteiger partial charge in [-0.1, -0.05) is 19.3 Å². The van der Waals surface area contributed by atoms with Crippen molar-refractivity contribution in [2.75, 3.05) is 14.2 Å². The number of rotatable bonds is 3. The second-order valence-corrected chi connectivity index (χ2v) is 5.47. The molecule has 100 valence electrons. The largest absolute Gasteiger partial charge is 0.497 e. The van der Waals surface area contributed by atoms with Crippen LogP contribution in [0.3, 0.4) is 0 Å². The first-order valence-corrected chi connectivity index (χ1v) is 7.05. The Morgan fingerprint density at radius 1 is 0.944 bits per heavy atom. The van der Waals surface area contributed by atoms with E-state index in [2.05, 4.69) is 12.1 Å². The minimum Gasteiger partial charge on any atom is -0.497 e. The number of ether oxygens (including phenoxy) is 2. The molecule has 0 amide bonds. The highest BCUT2D eigenvalue weighted by Gasteiger charge is 2.24. The van der Waals surface area contributed by atoms with Crippen molar-refractivity contribution < 1.29 is 9.47 Å². The zero-order valence-electron chi connectivity index (χ0n) is 11.1. The van der Waals surface area contributed by atoms with Crippen LogP contribution in [0.2, 0.25) is 0 Å². The van der Waals surface area contributed by atoms with E-state index in [0.29, 0.717) is 5.92 Å². The van der Waals surface area contributed by atoms with Crippen LogP contribution in [-0.4, -0.2) is 19.6 Å². The SMILES string of the molecule is COc1cc(OC)cc(C2CCCCCC2Cl)c1. The van der Waals surface area contributed by atoms with Gasteiger partial charge in [0.25, 0.3) is 0 Å². The summed E-state index contributed by atoms with van der Waals surface area (Å²) in [4.78, 5) is 0. The molecule has 3 heteroatoms. The van der Waals surface area contributed by atoms with E-state index in [-0.39, 0.29) is 5.38 Å². The molecule has 0 saturated heterocycles. The minimum atomic E-state index is 0.226. The van der Waals surface area contributed by atoms with Gasteiger partial charge in [0.1, 0.15) is 11.5 Å². The summed E-state index contributed by atoms with van der Waals surface area (Å²) in [5.74, 6) is 2.10. The molecule has 0 heterocycles. The third-order valence-electron chi connectivity index (χ3n) is 3.73. The molecular weight excluding hydrogens is 248 g/mol. The molecule has 0 spiro atoms. The van der Waals surface area contributed by atoms with Crippen molar-refractivity contribution >= 4 is 11.6 Å². The van der Waals surface area contributed by atoms with E-state index in [0.717, 1.165) is 24.3 Å². The van der Waals surface area contributed by atoms with Gasteiger partial charge in [0.15, 0.2) is 0 Å².